The molecule has 2 rings (SSSR count). The Bertz CT molecular complexity index is 355. The molecule has 0 saturated carbocycles. The summed E-state index contributed by atoms with van der Waals surface area (Å²) in [7, 11) is 0. The predicted molar refractivity (Wildman–Crippen MR) is 56.8 cm³/mol. The topological polar surface area (TPSA) is 35.5 Å². The van der Waals surface area contributed by atoms with Crippen molar-refractivity contribution in [1.82, 2.24) is 0 Å². The van der Waals surface area contributed by atoms with E-state index in [9.17, 15) is 4.79 Å². The maximum Gasteiger partial charge on any atom is 0.193 e. The molecule has 5 heteroatoms. The van der Waals surface area contributed by atoms with Crippen LogP contribution in [0.5, 0.6) is 0 Å². The molecule has 0 N–H and O–H groups in total. The van der Waals surface area contributed by atoms with Crippen LogP contribution in [0.25, 0.3) is 0 Å². The molecule has 2 heterocycles. The van der Waals surface area contributed by atoms with Gasteiger partial charge in [-0.2, -0.15) is 0 Å². The van der Waals surface area contributed by atoms with Crippen molar-refractivity contribution in [3.63, 3.8) is 0 Å². The number of hydrogen-bond donors (Lipinski definition) is 0. The second-order valence-electron chi connectivity index (χ2n) is 2.96. The van der Waals surface area contributed by atoms with Crippen molar-refractivity contribution < 1.29 is 14.3 Å². The van der Waals surface area contributed by atoms with Gasteiger partial charge in [0.15, 0.2) is 12.6 Å². The molecule has 1 aromatic heterocycles. The first-order valence-electron chi connectivity index (χ1n) is 4.21. The van der Waals surface area contributed by atoms with Crippen molar-refractivity contribution in [2.45, 2.75) is 13.2 Å². The molecule has 14 heavy (non-hydrogen) atoms. The Morgan fingerprint density at radius 2 is 2.14 bits per heavy atom. The maximum atomic E-state index is 10.7. The highest BCUT2D eigenvalue weighted by molar-refractivity contribution is 9.10. The molecule has 1 aliphatic heterocycles. The van der Waals surface area contributed by atoms with Gasteiger partial charge < -0.3 is 9.47 Å². The highest BCUT2D eigenvalue weighted by Gasteiger charge is 2.24. The number of hydrogen-bond acceptors (Lipinski definition) is 4. The van der Waals surface area contributed by atoms with Crippen LogP contribution in [0.2, 0.25) is 0 Å². The predicted octanol–water partition coefficient (Wildman–Crippen LogP) is 2.68. The van der Waals surface area contributed by atoms with Gasteiger partial charge in [-0.25, -0.2) is 0 Å². The Balaban J connectivity index is 2.37. The summed E-state index contributed by atoms with van der Waals surface area (Å²) >= 11 is 4.79. The first-order chi connectivity index (χ1) is 6.74. The molecule has 0 amide bonds. The van der Waals surface area contributed by atoms with E-state index in [1.807, 2.05) is 6.92 Å². The summed E-state index contributed by atoms with van der Waals surface area (Å²) in [5.41, 5.74) is 1.03. The summed E-state index contributed by atoms with van der Waals surface area (Å²) in [6.45, 7) is 3.19. The zero-order valence-corrected chi connectivity index (χ0v) is 9.98. The summed E-state index contributed by atoms with van der Waals surface area (Å²) in [5.74, 6) is 0. The van der Waals surface area contributed by atoms with Gasteiger partial charge in [-0.1, -0.05) is 0 Å². The zero-order valence-electron chi connectivity index (χ0n) is 7.58. The Labute approximate surface area is 94.1 Å². The fraction of sp³-hybridized carbons (Fsp3) is 0.444. The Morgan fingerprint density at radius 1 is 1.50 bits per heavy atom. The first-order valence-corrected chi connectivity index (χ1v) is 5.82. The fourth-order valence-corrected chi connectivity index (χ4v) is 3.04. The quantitative estimate of drug-likeness (QED) is 0.780. The lowest BCUT2D eigenvalue weighted by atomic mass is 10.2. The summed E-state index contributed by atoms with van der Waals surface area (Å²) < 4.78 is 11.6. The van der Waals surface area contributed by atoms with Crippen molar-refractivity contribution in [3.8, 4) is 0 Å². The Hall–Kier alpha value is -0.230. The van der Waals surface area contributed by atoms with E-state index in [4.69, 9.17) is 9.47 Å². The molecule has 1 aliphatic rings. The Morgan fingerprint density at radius 3 is 2.64 bits per heavy atom. The summed E-state index contributed by atoms with van der Waals surface area (Å²) in [4.78, 5) is 12.4. The zero-order chi connectivity index (χ0) is 10.1. The van der Waals surface area contributed by atoms with Crippen LogP contribution in [0.4, 0.5) is 0 Å². The average Bonchev–Trinajstić information content (AvgIpc) is 2.78. The minimum Gasteiger partial charge on any atom is -0.345 e. The second kappa shape index (κ2) is 4.10. The van der Waals surface area contributed by atoms with Crippen molar-refractivity contribution in [2.75, 3.05) is 13.2 Å². The van der Waals surface area contributed by atoms with Crippen LogP contribution in [0.1, 0.15) is 26.4 Å². The van der Waals surface area contributed by atoms with E-state index in [1.165, 1.54) is 11.3 Å². The molecule has 76 valence electrons. The molecule has 0 atom stereocenters. The lowest BCUT2D eigenvalue weighted by Crippen LogP contribution is -1.96. The van der Waals surface area contributed by atoms with Crippen LogP contribution >= 0.6 is 27.3 Å². The molecular formula is C9H9BrO3S. The number of carbonyl (C=O) groups excluding carboxylic acids is 1. The molecular weight excluding hydrogens is 268 g/mol. The monoisotopic (exact) mass is 276 g/mol. The highest BCUT2D eigenvalue weighted by atomic mass is 79.9. The molecule has 0 aromatic carbocycles. The standard InChI is InChI=1S/C9H9BrO3S/c1-5-7(10)6(4-11)14-8(5)9-12-2-3-13-9/h4,9H,2-3H2,1H3. The van der Waals surface area contributed by atoms with Crippen LogP contribution < -0.4 is 0 Å². The lowest BCUT2D eigenvalue weighted by molar-refractivity contribution is -0.0417. The van der Waals surface area contributed by atoms with Gasteiger partial charge in [0.25, 0.3) is 0 Å². The number of rotatable bonds is 2. The fourth-order valence-electron chi connectivity index (χ4n) is 1.34. The van der Waals surface area contributed by atoms with Gasteiger partial charge in [0.05, 0.1) is 23.0 Å². The van der Waals surface area contributed by atoms with E-state index < -0.39 is 0 Å². The van der Waals surface area contributed by atoms with E-state index in [-0.39, 0.29) is 6.29 Å². The van der Waals surface area contributed by atoms with Gasteiger partial charge in [-0.3, -0.25) is 4.79 Å². The van der Waals surface area contributed by atoms with Gasteiger partial charge >= 0.3 is 0 Å². The van der Waals surface area contributed by atoms with Crippen molar-refractivity contribution in [1.29, 1.82) is 0 Å². The number of thiophene rings is 1. The molecule has 0 bridgehead atoms. The van der Waals surface area contributed by atoms with Crippen LogP contribution in [0, 0.1) is 6.92 Å². The number of carbonyl (C=O) groups is 1. The minimum absolute atomic E-state index is 0.287. The third-order valence-corrected chi connectivity index (χ3v) is 4.60. The first kappa shape index (κ1) is 10.3. The molecule has 1 saturated heterocycles. The molecule has 0 spiro atoms. The van der Waals surface area contributed by atoms with Gasteiger partial charge in [0, 0.05) is 4.47 Å². The van der Waals surface area contributed by atoms with Crippen molar-refractivity contribution >= 4 is 33.6 Å². The van der Waals surface area contributed by atoms with Crippen molar-refractivity contribution in [2.24, 2.45) is 0 Å². The van der Waals surface area contributed by atoms with Gasteiger partial charge in [0.1, 0.15) is 0 Å². The number of halogens is 1. The lowest BCUT2D eigenvalue weighted by Gasteiger charge is -2.07. The SMILES string of the molecule is Cc1c(C2OCCO2)sc(C=O)c1Br. The van der Waals surface area contributed by atoms with Gasteiger partial charge in [0.2, 0.25) is 0 Å². The van der Waals surface area contributed by atoms with E-state index in [2.05, 4.69) is 15.9 Å². The Kier molecular flexibility index (Phi) is 3.02. The number of aldehydes is 1. The maximum absolute atomic E-state index is 10.7. The van der Waals surface area contributed by atoms with E-state index >= 15 is 0 Å². The van der Waals surface area contributed by atoms with Gasteiger partial charge in [-0.15, -0.1) is 11.3 Å². The molecule has 1 fully saturated rings. The van der Waals surface area contributed by atoms with E-state index in [0.29, 0.717) is 18.1 Å². The van der Waals surface area contributed by atoms with Crippen LogP contribution in [-0.2, 0) is 9.47 Å². The molecule has 1 aromatic rings. The molecule has 0 radical (unpaired) electrons. The van der Waals surface area contributed by atoms with E-state index in [1.54, 1.807) is 0 Å². The smallest absolute Gasteiger partial charge is 0.193 e. The molecule has 3 nitrogen and oxygen atoms in total. The van der Waals surface area contributed by atoms with Crippen LogP contribution in [0.15, 0.2) is 4.47 Å². The third kappa shape index (κ3) is 1.65. The van der Waals surface area contributed by atoms with Crippen LogP contribution in [0.3, 0.4) is 0 Å². The van der Waals surface area contributed by atoms with Crippen molar-refractivity contribution in [3.05, 3.63) is 19.8 Å². The minimum atomic E-state index is -0.287. The normalized spacial score (nSPS) is 17.6. The van der Waals surface area contributed by atoms with E-state index in [0.717, 1.165) is 21.2 Å². The molecule has 0 unspecified atom stereocenters. The van der Waals surface area contributed by atoms with Crippen LogP contribution in [-0.4, -0.2) is 19.5 Å². The van der Waals surface area contributed by atoms with Gasteiger partial charge in [-0.05, 0) is 28.4 Å². The average molecular weight is 277 g/mol. The molecule has 0 aliphatic carbocycles. The number of ether oxygens (including phenoxy) is 2. The highest BCUT2D eigenvalue weighted by Crippen LogP contribution is 2.38. The largest absolute Gasteiger partial charge is 0.345 e. The summed E-state index contributed by atoms with van der Waals surface area (Å²) in [6, 6.07) is 0. The second-order valence-corrected chi connectivity index (χ2v) is 4.84. The summed E-state index contributed by atoms with van der Waals surface area (Å²) in [5, 5.41) is 0. The third-order valence-electron chi connectivity index (χ3n) is 2.08. The summed E-state index contributed by atoms with van der Waals surface area (Å²) in [6.07, 6.45) is 0.560.